The monoisotopic (exact) mass is 678 g/mol. The smallest absolute Gasteiger partial charge is 0.240 e. The molecular weight excluding hydrogens is 625 g/mol. The minimum atomic E-state index is -2.10. The number of nitrogens with zero attached hydrogens (tertiary/aromatic N) is 2. The number of benzene rings is 3. The number of rotatable bonds is 11. The van der Waals surface area contributed by atoms with Crippen molar-refractivity contribution in [3.05, 3.63) is 107 Å². The van der Waals surface area contributed by atoms with E-state index in [1.54, 1.807) is 0 Å². The summed E-state index contributed by atoms with van der Waals surface area (Å²) < 4.78 is 6.90. The molecule has 1 saturated heterocycles. The van der Waals surface area contributed by atoms with Gasteiger partial charge in [-0.1, -0.05) is 80.6 Å². The second-order valence-electron chi connectivity index (χ2n) is 15.3. The van der Waals surface area contributed by atoms with Crippen molar-refractivity contribution in [2.24, 2.45) is 5.92 Å². The standard InChI is InChI=1S/C41H54N4O3Si/c1-29-14-16-31(17-15-29)18-19-32-20-22-33(23-21-32)27-45-38(40(46)42-25-24-34-26-43-37-13-11-10-12-35(34)37)36(28-44(6)7)39(47-45)30(2)48-49(8,9)41(3,4)5/h10-17,20-23,26,30,36,38-39,43H,24-25,27-28H2,1-9H3,(H,42,46)/t30-,36-,38-,39-/m0/s1. The predicted molar refractivity (Wildman–Crippen MR) is 203 cm³/mol. The van der Waals surface area contributed by atoms with Gasteiger partial charge in [0.15, 0.2) is 8.32 Å². The Kier molecular flexibility index (Phi) is 11.5. The maximum absolute atomic E-state index is 14.2. The molecule has 1 fully saturated rings. The number of carbonyl (C=O) groups excluding carboxylic acids is 1. The Morgan fingerprint density at radius 2 is 1.65 bits per heavy atom. The molecule has 5 rings (SSSR count). The molecule has 3 aromatic carbocycles. The third-order valence-electron chi connectivity index (χ3n) is 10.1. The average Bonchev–Trinajstić information content (AvgIpc) is 3.61. The van der Waals surface area contributed by atoms with Gasteiger partial charge in [-0.05, 0) is 94.0 Å². The van der Waals surface area contributed by atoms with Gasteiger partial charge >= 0.3 is 0 Å². The van der Waals surface area contributed by atoms with Crippen molar-refractivity contribution >= 4 is 25.1 Å². The van der Waals surface area contributed by atoms with E-state index in [0.29, 0.717) is 19.6 Å². The minimum absolute atomic E-state index is 0.0192. The van der Waals surface area contributed by atoms with Gasteiger partial charge in [-0.25, -0.2) is 0 Å². The first kappa shape index (κ1) is 36.6. The van der Waals surface area contributed by atoms with Crippen LogP contribution in [-0.2, 0) is 27.0 Å². The lowest BCUT2D eigenvalue weighted by Gasteiger charge is -2.40. The number of carbonyl (C=O) groups is 1. The van der Waals surface area contributed by atoms with Gasteiger partial charge in [-0.3, -0.25) is 9.63 Å². The van der Waals surface area contributed by atoms with Crippen LogP contribution in [-0.4, -0.2) is 74.6 Å². The highest BCUT2D eigenvalue weighted by atomic mass is 28.4. The number of nitrogens with one attached hydrogen (secondary N) is 2. The fourth-order valence-electron chi connectivity index (χ4n) is 6.34. The molecule has 1 amide bonds. The summed E-state index contributed by atoms with van der Waals surface area (Å²) in [7, 11) is 2.02. The second kappa shape index (κ2) is 15.5. The summed E-state index contributed by atoms with van der Waals surface area (Å²) >= 11 is 0. The van der Waals surface area contributed by atoms with E-state index >= 15 is 0 Å². The first-order valence-corrected chi connectivity index (χ1v) is 20.4. The number of para-hydroxylation sites is 1. The minimum Gasteiger partial charge on any atom is -0.411 e. The SMILES string of the molecule is Cc1ccc(C#Cc2ccc(CN3O[C@@H]([C@H](C)O[Si](C)(C)C(C)(C)C)[C@@H](CN(C)C)[C@H]3C(=O)NCCc3c[nH]c4ccccc34)cc2)cc1. The van der Waals surface area contributed by atoms with E-state index < -0.39 is 14.4 Å². The van der Waals surface area contributed by atoms with Crippen LogP contribution in [0.25, 0.3) is 10.9 Å². The van der Waals surface area contributed by atoms with E-state index in [2.05, 4.69) is 125 Å². The van der Waals surface area contributed by atoms with Gasteiger partial charge in [-0.15, -0.1) is 0 Å². The summed E-state index contributed by atoms with van der Waals surface area (Å²) in [6.45, 7) is 17.2. The third kappa shape index (κ3) is 9.10. The van der Waals surface area contributed by atoms with Gasteiger partial charge in [0.25, 0.3) is 0 Å². The van der Waals surface area contributed by atoms with Crippen molar-refractivity contribution in [1.82, 2.24) is 20.3 Å². The summed E-state index contributed by atoms with van der Waals surface area (Å²) in [5.74, 6) is 6.42. The summed E-state index contributed by atoms with van der Waals surface area (Å²) in [4.78, 5) is 26.5. The van der Waals surface area contributed by atoms with Crippen molar-refractivity contribution in [2.75, 3.05) is 27.2 Å². The highest BCUT2D eigenvalue weighted by Crippen LogP contribution is 2.40. The van der Waals surface area contributed by atoms with Gasteiger partial charge in [0.05, 0.1) is 12.6 Å². The molecule has 4 atom stereocenters. The molecule has 4 aromatic rings. The van der Waals surface area contributed by atoms with E-state index in [0.717, 1.165) is 28.6 Å². The van der Waals surface area contributed by atoms with Crippen molar-refractivity contribution < 1.29 is 14.1 Å². The average molecular weight is 679 g/mol. The lowest BCUT2D eigenvalue weighted by atomic mass is 9.90. The van der Waals surface area contributed by atoms with Gasteiger partial charge in [0.1, 0.15) is 12.1 Å². The quantitative estimate of drug-likeness (QED) is 0.129. The van der Waals surface area contributed by atoms with Gasteiger partial charge in [0.2, 0.25) is 5.91 Å². The third-order valence-corrected chi connectivity index (χ3v) is 14.6. The molecule has 1 aromatic heterocycles. The van der Waals surface area contributed by atoms with Crippen LogP contribution in [0.15, 0.2) is 79.0 Å². The first-order chi connectivity index (χ1) is 23.2. The fourth-order valence-corrected chi connectivity index (χ4v) is 7.76. The molecule has 2 N–H and O–H groups in total. The highest BCUT2D eigenvalue weighted by molar-refractivity contribution is 6.74. The molecule has 49 heavy (non-hydrogen) atoms. The number of amides is 1. The molecule has 7 nitrogen and oxygen atoms in total. The second-order valence-corrected chi connectivity index (χ2v) is 20.1. The Hall–Kier alpha value is -3.71. The molecule has 0 aliphatic carbocycles. The van der Waals surface area contributed by atoms with Crippen molar-refractivity contribution in [3.63, 3.8) is 0 Å². The van der Waals surface area contributed by atoms with E-state index in [4.69, 9.17) is 9.26 Å². The topological polar surface area (TPSA) is 69.8 Å². The zero-order valence-electron chi connectivity index (χ0n) is 30.8. The van der Waals surface area contributed by atoms with Gasteiger partial charge in [0, 0.05) is 47.2 Å². The molecule has 0 spiro atoms. The number of aromatic amines is 1. The number of hydroxylamine groups is 2. The number of fused-ring (bicyclic) bond motifs is 1. The van der Waals surface area contributed by atoms with Crippen LogP contribution in [0.3, 0.4) is 0 Å². The Labute approximate surface area is 294 Å². The van der Waals surface area contributed by atoms with Crippen LogP contribution in [0.4, 0.5) is 0 Å². The van der Waals surface area contributed by atoms with Crippen LogP contribution in [0, 0.1) is 24.7 Å². The van der Waals surface area contributed by atoms with Crippen molar-refractivity contribution in [2.45, 2.75) is 84.0 Å². The van der Waals surface area contributed by atoms with Gasteiger partial charge < -0.3 is 19.6 Å². The largest absolute Gasteiger partial charge is 0.411 e. The van der Waals surface area contributed by atoms with Crippen molar-refractivity contribution in [1.29, 1.82) is 0 Å². The molecule has 2 heterocycles. The van der Waals surface area contributed by atoms with Crippen LogP contribution >= 0.6 is 0 Å². The maximum Gasteiger partial charge on any atom is 0.240 e. The molecule has 260 valence electrons. The molecule has 0 bridgehead atoms. The number of hydrogen-bond acceptors (Lipinski definition) is 5. The fraction of sp³-hybridized carbons (Fsp3) is 0.439. The van der Waals surface area contributed by atoms with Crippen LogP contribution < -0.4 is 5.32 Å². The summed E-state index contributed by atoms with van der Waals surface area (Å²) in [6.07, 6.45) is 2.32. The van der Waals surface area contributed by atoms with Crippen LogP contribution in [0.2, 0.25) is 18.1 Å². The Morgan fingerprint density at radius 3 is 2.29 bits per heavy atom. The van der Waals surface area contributed by atoms with E-state index in [-0.39, 0.29) is 29.1 Å². The lowest BCUT2D eigenvalue weighted by Crippen LogP contribution is -2.51. The van der Waals surface area contributed by atoms with E-state index in [1.807, 2.05) is 47.7 Å². The molecule has 0 saturated carbocycles. The molecular formula is C41H54N4O3Si. The highest BCUT2D eigenvalue weighted by Gasteiger charge is 2.51. The number of hydrogen-bond donors (Lipinski definition) is 2. The van der Waals surface area contributed by atoms with Crippen molar-refractivity contribution in [3.8, 4) is 11.8 Å². The summed E-state index contributed by atoms with van der Waals surface area (Å²) in [5.41, 5.74) is 6.51. The van der Waals surface area contributed by atoms with E-state index in [9.17, 15) is 4.79 Å². The Bertz CT molecular complexity index is 1760. The first-order valence-electron chi connectivity index (χ1n) is 17.5. The molecule has 0 radical (unpaired) electrons. The predicted octanol–water partition coefficient (Wildman–Crippen LogP) is 7.31. The lowest BCUT2D eigenvalue weighted by molar-refractivity contribution is -0.190. The summed E-state index contributed by atoms with van der Waals surface area (Å²) in [6, 6.07) is 24.3. The number of aryl methyl sites for hydroxylation is 1. The zero-order valence-corrected chi connectivity index (χ0v) is 31.8. The normalized spacial score (nSPS) is 19.2. The maximum atomic E-state index is 14.2. The number of aromatic nitrogens is 1. The Morgan fingerprint density at radius 1 is 1.02 bits per heavy atom. The zero-order chi connectivity index (χ0) is 35.3. The molecule has 8 heteroatoms. The number of H-pyrrole nitrogens is 1. The summed E-state index contributed by atoms with van der Waals surface area (Å²) in [5, 5.41) is 6.43. The molecule has 1 aliphatic rings. The van der Waals surface area contributed by atoms with E-state index in [1.165, 1.54) is 16.5 Å². The van der Waals surface area contributed by atoms with Crippen LogP contribution in [0.1, 0.15) is 55.5 Å². The molecule has 0 unspecified atom stereocenters. The molecule has 1 aliphatic heterocycles. The van der Waals surface area contributed by atoms with Crippen LogP contribution in [0.5, 0.6) is 0 Å². The Balaban J connectivity index is 1.37. The van der Waals surface area contributed by atoms with Gasteiger partial charge in [-0.2, -0.15) is 5.06 Å².